The third-order valence-electron chi connectivity index (χ3n) is 1.23. The smallest absolute Gasteiger partial charge is 0.185 e. The van der Waals surface area contributed by atoms with Crippen LogP contribution in [0.1, 0.15) is 0 Å². The lowest BCUT2D eigenvalue weighted by Crippen LogP contribution is -2.34. The highest BCUT2D eigenvalue weighted by Crippen LogP contribution is 2.13. The molecule has 0 aliphatic rings. The Bertz CT molecular complexity index is 278. The second-order valence-corrected chi connectivity index (χ2v) is 3.43. The molecule has 72 valence electrons. The molecule has 0 saturated carbocycles. The first-order valence-corrected chi connectivity index (χ1v) is 4.45. The molecule has 0 heterocycles. The average Bonchev–Trinajstić information content (AvgIpc) is 2.09. The molecule has 13 heavy (non-hydrogen) atoms. The van der Waals surface area contributed by atoms with Crippen molar-refractivity contribution in [3.63, 3.8) is 0 Å². The van der Waals surface area contributed by atoms with Crippen molar-refractivity contribution >= 4 is 51.4 Å². The van der Waals surface area contributed by atoms with Gasteiger partial charge in [-0.05, 0) is 36.5 Å². The van der Waals surface area contributed by atoms with Crippen molar-refractivity contribution in [3.8, 4) is 0 Å². The van der Waals surface area contributed by atoms with Crippen LogP contribution in [0.5, 0.6) is 0 Å². The largest absolute Gasteiger partial charge is 0.332 e. The molecule has 0 atom stereocenters. The molecule has 0 radical (unpaired) electrons. The van der Waals surface area contributed by atoms with Crippen LogP contribution in [0.3, 0.4) is 0 Å². The fraction of sp³-hybridized carbons (Fsp3) is 0. The summed E-state index contributed by atoms with van der Waals surface area (Å²) in [5.41, 5.74) is 3.24. The standard InChI is InChI=1S/C7H8BrN3S.ClH/c8-5-1-3-6(4-2-5)10-7(12)11-9;/h1-4H,9H2,(H2,10,11,12);1H. The molecular weight excluding hydrogens is 274 g/mol. The van der Waals surface area contributed by atoms with Gasteiger partial charge >= 0.3 is 0 Å². The highest BCUT2D eigenvalue weighted by atomic mass is 79.9. The van der Waals surface area contributed by atoms with Gasteiger partial charge in [0.15, 0.2) is 5.11 Å². The number of anilines is 1. The van der Waals surface area contributed by atoms with Crippen LogP contribution in [0.15, 0.2) is 28.7 Å². The van der Waals surface area contributed by atoms with Crippen molar-refractivity contribution in [2.45, 2.75) is 0 Å². The van der Waals surface area contributed by atoms with Crippen molar-refractivity contribution < 1.29 is 0 Å². The predicted molar refractivity (Wildman–Crippen MR) is 64.9 cm³/mol. The Hall–Kier alpha value is -0.360. The number of rotatable bonds is 1. The molecule has 0 saturated heterocycles. The highest BCUT2D eigenvalue weighted by molar-refractivity contribution is 9.10. The number of nitrogens with two attached hydrogens (primary N) is 1. The summed E-state index contributed by atoms with van der Waals surface area (Å²) in [6, 6.07) is 7.63. The van der Waals surface area contributed by atoms with E-state index >= 15 is 0 Å². The monoisotopic (exact) mass is 281 g/mol. The van der Waals surface area contributed by atoms with E-state index < -0.39 is 0 Å². The van der Waals surface area contributed by atoms with Crippen LogP contribution in [0.4, 0.5) is 5.69 Å². The Kier molecular flexibility index (Phi) is 5.98. The maximum absolute atomic E-state index is 5.09. The van der Waals surface area contributed by atoms with Crippen LogP contribution in [-0.4, -0.2) is 5.11 Å². The molecule has 3 nitrogen and oxygen atoms in total. The van der Waals surface area contributed by atoms with Crippen molar-refractivity contribution in [2.75, 3.05) is 5.32 Å². The Morgan fingerprint density at radius 1 is 1.31 bits per heavy atom. The Morgan fingerprint density at radius 2 is 1.85 bits per heavy atom. The fourth-order valence-corrected chi connectivity index (χ4v) is 1.08. The number of hydrogen-bond donors (Lipinski definition) is 3. The van der Waals surface area contributed by atoms with Gasteiger partial charge in [0, 0.05) is 10.2 Å². The van der Waals surface area contributed by atoms with Crippen molar-refractivity contribution in [1.82, 2.24) is 5.43 Å². The van der Waals surface area contributed by atoms with Gasteiger partial charge in [-0.3, -0.25) is 0 Å². The van der Waals surface area contributed by atoms with Crippen molar-refractivity contribution in [3.05, 3.63) is 28.7 Å². The average molecular weight is 283 g/mol. The third kappa shape index (κ3) is 4.42. The molecule has 0 aliphatic heterocycles. The van der Waals surface area contributed by atoms with Gasteiger partial charge in [-0.25, -0.2) is 5.84 Å². The van der Waals surface area contributed by atoms with Gasteiger partial charge in [0.1, 0.15) is 0 Å². The number of hydrazine groups is 1. The summed E-state index contributed by atoms with van der Waals surface area (Å²) in [6.45, 7) is 0. The van der Waals surface area contributed by atoms with E-state index in [1.165, 1.54) is 0 Å². The second kappa shape index (κ2) is 6.15. The first-order chi connectivity index (χ1) is 5.72. The molecule has 4 N–H and O–H groups in total. The lowest BCUT2D eigenvalue weighted by atomic mass is 10.3. The molecule has 0 unspecified atom stereocenters. The molecule has 1 rings (SSSR count). The predicted octanol–water partition coefficient (Wildman–Crippen LogP) is 2.03. The number of halogens is 2. The van der Waals surface area contributed by atoms with E-state index in [0.717, 1.165) is 10.2 Å². The highest BCUT2D eigenvalue weighted by Gasteiger charge is 1.93. The summed E-state index contributed by atoms with van der Waals surface area (Å²) in [7, 11) is 0. The molecule has 0 spiro atoms. The number of nitrogens with one attached hydrogen (secondary N) is 2. The zero-order valence-corrected chi connectivity index (χ0v) is 9.80. The quantitative estimate of drug-likeness (QED) is 0.419. The molecule has 1 aromatic carbocycles. The molecule has 6 heteroatoms. The number of benzene rings is 1. The fourth-order valence-electron chi connectivity index (χ4n) is 0.700. The van der Waals surface area contributed by atoms with E-state index in [0.29, 0.717) is 5.11 Å². The minimum absolute atomic E-state index is 0. The summed E-state index contributed by atoms with van der Waals surface area (Å²) >= 11 is 8.14. The van der Waals surface area contributed by atoms with E-state index in [1.54, 1.807) is 0 Å². The molecule has 0 bridgehead atoms. The van der Waals surface area contributed by atoms with Gasteiger partial charge in [-0.1, -0.05) is 15.9 Å². The summed E-state index contributed by atoms with van der Waals surface area (Å²) in [5.74, 6) is 5.09. The summed E-state index contributed by atoms with van der Waals surface area (Å²) in [4.78, 5) is 0. The lowest BCUT2D eigenvalue weighted by Gasteiger charge is -2.05. The van der Waals surface area contributed by atoms with E-state index in [4.69, 9.17) is 18.1 Å². The maximum Gasteiger partial charge on any atom is 0.185 e. The van der Waals surface area contributed by atoms with Crippen LogP contribution in [0, 0.1) is 0 Å². The van der Waals surface area contributed by atoms with E-state index in [2.05, 4.69) is 26.7 Å². The van der Waals surface area contributed by atoms with Crippen LogP contribution < -0.4 is 16.6 Å². The van der Waals surface area contributed by atoms with Crippen molar-refractivity contribution in [1.29, 1.82) is 0 Å². The van der Waals surface area contributed by atoms with Crippen LogP contribution >= 0.6 is 40.6 Å². The van der Waals surface area contributed by atoms with E-state index in [9.17, 15) is 0 Å². The molecule has 0 aliphatic carbocycles. The number of hydrogen-bond acceptors (Lipinski definition) is 2. The zero-order valence-electron chi connectivity index (χ0n) is 6.58. The topological polar surface area (TPSA) is 50.1 Å². The van der Waals surface area contributed by atoms with Gasteiger partial charge in [0.05, 0.1) is 0 Å². The third-order valence-corrected chi connectivity index (χ3v) is 1.98. The Morgan fingerprint density at radius 3 is 2.31 bits per heavy atom. The molecular formula is C7H9BrClN3S. The molecule has 1 aromatic rings. The first-order valence-electron chi connectivity index (χ1n) is 3.25. The van der Waals surface area contributed by atoms with Gasteiger partial charge in [0.25, 0.3) is 0 Å². The zero-order chi connectivity index (χ0) is 8.97. The summed E-state index contributed by atoms with van der Waals surface area (Å²) in [6.07, 6.45) is 0. The minimum Gasteiger partial charge on any atom is -0.332 e. The second-order valence-electron chi connectivity index (χ2n) is 2.11. The van der Waals surface area contributed by atoms with Gasteiger partial charge in [-0.2, -0.15) is 0 Å². The normalized spacial score (nSPS) is 8.46. The summed E-state index contributed by atoms with van der Waals surface area (Å²) < 4.78 is 1.03. The van der Waals surface area contributed by atoms with Crippen LogP contribution in [0.2, 0.25) is 0 Å². The Labute approximate surface area is 96.6 Å². The van der Waals surface area contributed by atoms with E-state index in [-0.39, 0.29) is 12.4 Å². The molecule has 0 aromatic heterocycles. The van der Waals surface area contributed by atoms with Crippen LogP contribution in [-0.2, 0) is 0 Å². The Balaban J connectivity index is 0.00000144. The van der Waals surface area contributed by atoms with Gasteiger partial charge in [0.2, 0.25) is 0 Å². The SMILES string of the molecule is Cl.NNC(=S)Nc1ccc(Br)cc1. The first kappa shape index (κ1) is 12.6. The maximum atomic E-state index is 5.09. The van der Waals surface area contributed by atoms with E-state index in [1.807, 2.05) is 24.3 Å². The lowest BCUT2D eigenvalue weighted by molar-refractivity contribution is 1.04. The molecule has 0 amide bonds. The van der Waals surface area contributed by atoms with Crippen molar-refractivity contribution in [2.24, 2.45) is 5.84 Å². The summed E-state index contributed by atoms with van der Waals surface area (Å²) in [5, 5.41) is 3.29. The molecule has 0 fully saturated rings. The van der Waals surface area contributed by atoms with Crippen LogP contribution in [0.25, 0.3) is 0 Å². The van der Waals surface area contributed by atoms with Gasteiger partial charge in [-0.15, -0.1) is 12.4 Å². The van der Waals surface area contributed by atoms with Gasteiger partial charge < -0.3 is 10.7 Å². The number of thiocarbonyl (C=S) groups is 1. The minimum atomic E-state index is 0.